The first kappa shape index (κ1) is 13.3. The molecule has 18 heavy (non-hydrogen) atoms. The highest BCUT2D eigenvalue weighted by atomic mass is 32.2. The van der Waals surface area contributed by atoms with Crippen LogP contribution in [0.5, 0.6) is 5.88 Å². The molecule has 6 heteroatoms. The third-order valence-corrected chi connectivity index (χ3v) is 4.53. The largest absolute Gasteiger partial charge is 0.479 e. The Morgan fingerprint density at radius 2 is 2.17 bits per heavy atom. The minimum absolute atomic E-state index is 0.320. The molecule has 0 bridgehead atoms. The summed E-state index contributed by atoms with van der Waals surface area (Å²) >= 11 is 2.00. The molecule has 5 nitrogen and oxygen atoms in total. The van der Waals surface area contributed by atoms with E-state index in [-0.39, 0.29) is 0 Å². The van der Waals surface area contributed by atoms with Gasteiger partial charge in [0.25, 0.3) is 0 Å². The zero-order chi connectivity index (χ0) is 13.2. The maximum Gasteiger partial charge on any atom is 0.242 e. The molecule has 1 fully saturated rings. The molecule has 1 aliphatic rings. The second-order valence-electron chi connectivity index (χ2n) is 4.97. The number of hydrogen-bond donors (Lipinski definition) is 1. The predicted octanol–water partition coefficient (Wildman–Crippen LogP) is 1.79. The fourth-order valence-corrected chi connectivity index (χ4v) is 3.12. The Morgan fingerprint density at radius 1 is 1.39 bits per heavy atom. The van der Waals surface area contributed by atoms with Crippen molar-refractivity contribution in [1.82, 2.24) is 9.97 Å². The lowest BCUT2D eigenvalue weighted by atomic mass is 10.1. The maximum atomic E-state index is 6.04. The summed E-state index contributed by atoms with van der Waals surface area (Å²) in [6, 6.07) is 0. The van der Waals surface area contributed by atoms with E-state index in [1.54, 1.807) is 7.11 Å². The second-order valence-corrected chi connectivity index (χ2v) is 6.77. The van der Waals surface area contributed by atoms with Crippen LogP contribution in [0.25, 0.3) is 0 Å². The summed E-state index contributed by atoms with van der Waals surface area (Å²) in [6.45, 7) is 6.49. The van der Waals surface area contributed by atoms with Crippen LogP contribution >= 0.6 is 11.8 Å². The van der Waals surface area contributed by atoms with Crippen LogP contribution in [-0.2, 0) is 0 Å². The molecule has 1 saturated heterocycles. The lowest BCUT2D eigenvalue weighted by Crippen LogP contribution is -2.28. The first-order chi connectivity index (χ1) is 8.53. The lowest BCUT2D eigenvalue weighted by molar-refractivity contribution is 0.399. The van der Waals surface area contributed by atoms with Crippen LogP contribution in [0.3, 0.4) is 0 Å². The number of nitrogen functional groups attached to an aromatic ring is 1. The molecule has 100 valence electrons. The van der Waals surface area contributed by atoms with Crippen molar-refractivity contribution < 1.29 is 4.74 Å². The minimum atomic E-state index is 0.320. The highest BCUT2D eigenvalue weighted by Crippen LogP contribution is 2.34. The van der Waals surface area contributed by atoms with Crippen molar-refractivity contribution in [1.29, 1.82) is 0 Å². The first-order valence-corrected chi connectivity index (χ1v) is 7.05. The van der Waals surface area contributed by atoms with Crippen molar-refractivity contribution >= 4 is 23.3 Å². The van der Waals surface area contributed by atoms with Crippen molar-refractivity contribution in [2.45, 2.75) is 25.0 Å². The van der Waals surface area contributed by atoms with Crippen LogP contribution in [0.4, 0.5) is 11.5 Å². The standard InChI is InChI=1S/C12H20N4OS/c1-12(2)4-5-16(6-7-18-12)10-9(13)11(17-3)15-8-14-10/h8H,4-7,13H2,1-3H3. The van der Waals surface area contributed by atoms with Crippen LogP contribution < -0.4 is 15.4 Å². The summed E-state index contributed by atoms with van der Waals surface area (Å²) < 4.78 is 5.46. The highest BCUT2D eigenvalue weighted by Gasteiger charge is 2.25. The predicted molar refractivity (Wildman–Crippen MR) is 76.4 cm³/mol. The molecular weight excluding hydrogens is 248 g/mol. The van der Waals surface area contributed by atoms with Crippen molar-refractivity contribution in [3.05, 3.63) is 6.33 Å². The van der Waals surface area contributed by atoms with E-state index in [4.69, 9.17) is 10.5 Å². The molecule has 0 saturated carbocycles. The van der Waals surface area contributed by atoms with Gasteiger partial charge in [0.2, 0.25) is 5.88 Å². The van der Waals surface area contributed by atoms with Gasteiger partial charge in [-0.3, -0.25) is 0 Å². The van der Waals surface area contributed by atoms with Gasteiger partial charge in [0.05, 0.1) is 7.11 Å². The van der Waals surface area contributed by atoms with E-state index in [1.165, 1.54) is 6.33 Å². The summed E-state index contributed by atoms with van der Waals surface area (Å²) in [5.74, 6) is 2.33. The normalized spacial score (nSPS) is 19.4. The van der Waals surface area contributed by atoms with Crippen LogP contribution in [0.2, 0.25) is 0 Å². The van der Waals surface area contributed by atoms with Crippen LogP contribution in [0.15, 0.2) is 6.33 Å². The van der Waals surface area contributed by atoms with Gasteiger partial charge in [-0.25, -0.2) is 4.98 Å². The van der Waals surface area contributed by atoms with Crippen molar-refractivity contribution in [2.75, 3.05) is 36.6 Å². The summed E-state index contributed by atoms with van der Waals surface area (Å²) in [6.07, 6.45) is 2.62. The molecule has 2 rings (SSSR count). The van der Waals surface area contributed by atoms with Crippen LogP contribution in [-0.4, -0.2) is 40.7 Å². The molecule has 2 heterocycles. The van der Waals surface area contributed by atoms with Gasteiger partial charge in [-0.1, -0.05) is 13.8 Å². The fourth-order valence-electron chi connectivity index (χ4n) is 2.02. The molecule has 0 aliphatic carbocycles. The number of ether oxygens (including phenoxy) is 1. The van der Waals surface area contributed by atoms with Crippen molar-refractivity contribution in [3.8, 4) is 5.88 Å². The van der Waals surface area contributed by atoms with E-state index in [2.05, 4.69) is 28.7 Å². The zero-order valence-corrected chi connectivity index (χ0v) is 12.0. The van der Waals surface area contributed by atoms with E-state index in [0.717, 1.165) is 31.1 Å². The van der Waals surface area contributed by atoms with E-state index >= 15 is 0 Å². The Kier molecular flexibility index (Phi) is 3.85. The molecule has 2 N–H and O–H groups in total. The third-order valence-electron chi connectivity index (χ3n) is 3.16. The quantitative estimate of drug-likeness (QED) is 0.882. The molecule has 1 aromatic heterocycles. The Balaban J connectivity index is 2.21. The number of aromatic nitrogens is 2. The summed E-state index contributed by atoms with van der Waals surface area (Å²) in [5.41, 5.74) is 6.58. The van der Waals surface area contributed by atoms with Gasteiger partial charge in [0, 0.05) is 23.6 Å². The van der Waals surface area contributed by atoms with Gasteiger partial charge in [0.1, 0.15) is 12.0 Å². The number of nitrogens with two attached hydrogens (primary N) is 1. The Hall–Kier alpha value is -1.17. The van der Waals surface area contributed by atoms with Gasteiger partial charge < -0.3 is 15.4 Å². The van der Waals surface area contributed by atoms with Gasteiger partial charge in [-0.15, -0.1) is 0 Å². The summed E-state index contributed by atoms with van der Waals surface area (Å²) in [4.78, 5) is 10.5. The van der Waals surface area contributed by atoms with Crippen LogP contribution in [0, 0.1) is 0 Å². The number of thioether (sulfide) groups is 1. The molecule has 0 aromatic carbocycles. The third kappa shape index (κ3) is 2.80. The maximum absolute atomic E-state index is 6.04. The topological polar surface area (TPSA) is 64.3 Å². The molecule has 0 spiro atoms. The molecule has 0 atom stereocenters. The van der Waals surface area contributed by atoms with E-state index in [1.807, 2.05) is 11.8 Å². The molecule has 0 radical (unpaired) electrons. The minimum Gasteiger partial charge on any atom is -0.479 e. The van der Waals surface area contributed by atoms with Gasteiger partial charge >= 0.3 is 0 Å². The number of methoxy groups -OCH3 is 1. The fraction of sp³-hybridized carbons (Fsp3) is 0.667. The molecule has 0 unspecified atom stereocenters. The number of nitrogens with zero attached hydrogens (tertiary/aromatic N) is 3. The average molecular weight is 268 g/mol. The van der Waals surface area contributed by atoms with Gasteiger partial charge in [-0.05, 0) is 6.42 Å². The lowest BCUT2D eigenvalue weighted by Gasteiger charge is -2.24. The zero-order valence-electron chi connectivity index (χ0n) is 11.1. The molecule has 1 aromatic rings. The van der Waals surface area contributed by atoms with Crippen molar-refractivity contribution in [3.63, 3.8) is 0 Å². The smallest absolute Gasteiger partial charge is 0.242 e. The second kappa shape index (κ2) is 5.22. The Morgan fingerprint density at radius 3 is 2.89 bits per heavy atom. The summed E-state index contributed by atoms with van der Waals surface area (Å²) in [5, 5.41) is 0. The van der Waals surface area contributed by atoms with E-state index in [9.17, 15) is 0 Å². The number of rotatable bonds is 2. The van der Waals surface area contributed by atoms with Gasteiger partial charge in [0.15, 0.2) is 5.82 Å². The van der Waals surface area contributed by atoms with Gasteiger partial charge in [-0.2, -0.15) is 16.7 Å². The average Bonchev–Trinajstić information content (AvgIpc) is 2.51. The van der Waals surface area contributed by atoms with E-state index < -0.39 is 0 Å². The monoisotopic (exact) mass is 268 g/mol. The Bertz CT molecular complexity index is 425. The highest BCUT2D eigenvalue weighted by molar-refractivity contribution is 8.00. The molecular formula is C12H20N4OS. The number of anilines is 2. The molecule has 1 aliphatic heterocycles. The Labute approximate surface area is 112 Å². The first-order valence-electron chi connectivity index (χ1n) is 6.07. The summed E-state index contributed by atoms with van der Waals surface area (Å²) in [7, 11) is 1.57. The van der Waals surface area contributed by atoms with Crippen LogP contribution in [0.1, 0.15) is 20.3 Å². The SMILES string of the molecule is COc1ncnc(N2CCSC(C)(C)CC2)c1N. The molecule has 0 amide bonds. The number of hydrogen-bond acceptors (Lipinski definition) is 6. The van der Waals surface area contributed by atoms with Crippen molar-refractivity contribution in [2.24, 2.45) is 0 Å². The van der Waals surface area contributed by atoms with E-state index in [0.29, 0.717) is 16.3 Å².